The molecule has 0 aliphatic rings. The van der Waals surface area contributed by atoms with Crippen LogP contribution in [0.1, 0.15) is 31.1 Å². The standard InChI is InChI=1S/C22H18F3NO6/c1-22(2,3)32-16(27)9-26-20(29)17-19(28)12-5-4-10(8-15(12)31-21(17)30)11-6-13(23)18(25)14(24)7-11/h4-8,28H,9H2,1-3H3,(H,26,29). The molecule has 0 spiro atoms. The van der Waals surface area contributed by atoms with Crippen LogP contribution < -0.4 is 10.9 Å². The average Bonchev–Trinajstić information content (AvgIpc) is 2.68. The molecular weight excluding hydrogens is 431 g/mol. The number of nitrogens with one attached hydrogen (secondary N) is 1. The highest BCUT2D eigenvalue weighted by Crippen LogP contribution is 2.31. The highest BCUT2D eigenvalue weighted by Gasteiger charge is 2.23. The first-order valence-corrected chi connectivity index (χ1v) is 9.32. The third-order valence-electron chi connectivity index (χ3n) is 4.24. The first kappa shape index (κ1) is 22.9. The van der Waals surface area contributed by atoms with Crippen LogP contribution >= 0.6 is 0 Å². The molecule has 0 aliphatic heterocycles. The Balaban J connectivity index is 1.93. The van der Waals surface area contributed by atoms with Crippen LogP contribution in [0.3, 0.4) is 0 Å². The van der Waals surface area contributed by atoms with Crippen molar-refractivity contribution in [2.24, 2.45) is 0 Å². The summed E-state index contributed by atoms with van der Waals surface area (Å²) in [5.74, 6) is -6.95. The van der Waals surface area contributed by atoms with Gasteiger partial charge in [-0.05, 0) is 56.2 Å². The first-order valence-electron chi connectivity index (χ1n) is 9.32. The molecule has 10 heteroatoms. The van der Waals surface area contributed by atoms with Gasteiger partial charge in [0.05, 0.1) is 5.39 Å². The summed E-state index contributed by atoms with van der Waals surface area (Å²) in [7, 11) is 0. The van der Waals surface area contributed by atoms with Crippen LogP contribution in [0.2, 0.25) is 0 Å². The number of fused-ring (bicyclic) bond motifs is 1. The highest BCUT2D eigenvalue weighted by molar-refractivity contribution is 6.02. The fourth-order valence-corrected chi connectivity index (χ4v) is 2.91. The minimum absolute atomic E-state index is 0.0374. The Morgan fingerprint density at radius 3 is 2.28 bits per heavy atom. The van der Waals surface area contributed by atoms with Gasteiger partial charge in [-0.1, -0.05) is 6.07 Å². The maximum Gasteiger partial charge on any atom is 0.353 e. The Labute approximate surface area is 179 Å². The molecule has 0 aliphatic carbocycles. The maximum absolute atomic E-state index is 13.5. The molecule has 2 N–H and O–H groups in total. The van der Waals surface area contributed by atoms with E-state index < -0.39 is 58.4 Å². The summed E-state index contributed by atoms with van der Waals surface area (Å²) in [6, 6.07) is 5.31. The zero-order valence-electron chi connectivity index (χ0n) is 17.2. The van der Waals surface area contributed by atoms with E-state index in [1.165, 1.54) is 18.2 Å². The van der Waals surface area contributed by atoms with E-state index in [-0.39, 0.29) is 22.1 Å². The highest BCUT2D eigenvalue weighted by atomic mass is 19.2. The quantitative estimate of drug-likeness (QED) is 0.358. The molecule has 2 aromatic carbocycles. The molecule has 0 radical (unpaired) electrons. The number of rotatable bonds is 4. The van der Waals surface area contributed by atoms with E-state index in [4.69, 9.17) is 9.15 Å². The van der Waals surface area contributed by atoms with Crippen LogP contribution in [0.25, 0.3) is 22.1 Å². The number of carbonyl (C=O) groups is 2. The number of benzene rings is 2. The predicted octanol–water partition coefficient (Wildman–Crippen LogP) is 3.65. The van der Waals surface area contributed by atoms with E-state index in [0.717, 1.165) is 12.1 Å². The lowest BCUT2D eigenvalue weighted by molar-refractivity contribution is -0.153. The number of amides is 1. The first-order chi connectivity index (χ1) is 14.9. The summed E-state index contributed by atoms with van der Waals surface area (Å²) < 4.78 is 50.4. The number of hydrogen-bond acceptors (Lipinski definition) is 6. The lowest BCUT2D eigenvalue weighted by Gasteiger charge is -2.19. The van der Waals surface area contributed by atoms with E-state index in [1.54, 1.807) is 20.8 Å². The van der Waals surface area contributed by atoms with Gasteiger partial charge in [-0.15, -0.1) is 0 Å². The molecule has 1 aromatic heterocycles. The maximum atomic E-state index is 13.5. The molecule has 0 fully saturated rings. The van der Waals surface area contributed by atoms with E-state index in [0.29, 0.717) is 0 Å². The normalized spacial score (nSPS) is 11.4. The third kappa shape index (κ3) is 4.74. The van der Waals surface area contributed by atoms with Gasteiger partial charge in [0.25, 0.3) is 5.91 Å². The zero-order valence-corrected chi connectivity index (χ0v) is 17.2. The molecular formula is C22H18F3NO6. The molecule has 0 atom stereocenters. The number of carbonyl (C=O) groups excluding carboxylic acids is 2. The Morgan fingerprint density at radius 2 is 1.69 bits per heavy atom. The van der Waals surface area contributed by atoms with Crippen LogP contribution in [0.4, 0.5) is 13.2 Å². The summed E-state index contributed by atoms with van der Waals surface area (Å²) in [6.07, 6.45) is 0. The van der Waals surface area contributed by atoms with Crippen molar-refractivity contribution in [2.75, 3.05) is 6.54 Å². The molecule has 0 saturated heterocycles. The molecule has 0 saturated carbocycles. The van der Waals surface area contributed by atoms with Gasteiger partial charge < -0.3 is 19.6 Å². The molecule has 0 unspecified atom stereocenters. The topological polar surface area (TPSA) is 106 Å². The van der Waals surface area contributed by atoms with Crippen molar-refractivity contribution in [1.82, 2.24) is 5.32 Å². The smallest absolute Gasteiger partial charge is 0.353 e. The lowest BCUT2D eigenvalue weighted by Crippen LogP contribution is -2.36. The molecule has 168 valence electrons. The second-order valence-corrected chi connectivity index (χ2v) is 7.85. The van der Waals surface area contributed by atoms with E-state index >= 15 is 0 Å². The Kier molecular flexibility index (Phi) is 5.98. The molecule has 0 bridgehead atoms. The molecule has 1 amide bonds. The van der Waals surface area contributed by atoms with Crippen molar-refractivity contribution in [3.63, 3.8) is 0 Å². The molecule has 32 heavy (non-hydrogen) atoms. The number of hydrogen-bond donors (Lipinski definition) is 2. The number of esters is 1. The van der Waals surface area contributed by atoms with Gasteiger partial charge in [0, 0.05) is 0 Å². The second-order valence-electron chi connectivity index (χ2n) is 7.85. The molecule has 1 heterocycles. The summed E-state index contributed by atoms with van der Waals surface area (Å²) in [4.78, 5) is 36.4. The van der Waals surface area contributed by atoms with Crippen molar-refractivity contribution in [1.29, 1.82) is 0 Å². The monoisotopic (exact) mass is 449 g/mol. The lowest BCUT2D eigenvalue weighted by atomic mass is 10.0. The summed E-state index contributed by atoms with van der Waals surface area (Å²) in [5.41, 5.74) is -2.76. The minimum Gasteiger partial charge on any atom is -0.506 e. The fourth-order valence-electron chi connectivity index (χ4n) is 2.91. The van der Waals surface area contributed by atoms with Gasteiger partial charge >= 0.3 is 11.6 Å². The number of ether oxygens (including phenoxy) is 1. The zero-order chi connectivity index (χ0) is 23.8. The summed E-state index contributed by atoms with van der Waals surface area (Å²) in [5, 5.41) is 12.6. The van der Waals surface area contributed by atoms with Crippen LogP contribution in [-0.4, -0.2) is 29.1 Å². The van der Waals surface area contributed by atoms with Crippen molar-refractivity contribution in [3.8, 4) is 16.9 Å². The SMILES string of the molecule is CC(C)(C)OC(=O)CNC(=O)c1c(O)c2ccc(-c3cc(F)c(F)c(F)c3)cc2oc1=O. The molecule has 7 nitrogen and oxygen atoms in total. The van der Waals surface area contributed by atoms with Crippen molar-refractivity contribution < 1.29 is 37.0 Å². The van der Waals surface area contributed by atoms with Crippen LogP contribution in [0.5, 0.6) is 5.75 Å². The third-order valence-corrected chi connectivity index (χ3v) is 4.24. The van der Waals surface area contributed by atoms with E-state index in [2.05, 4.69) is 5.32 Å². The Hall–Kier alpha value is -3.82. The van der Waals surface area contributed by atoms with Crippen molar-refractivity contribution in [3.05, 3.63) is 63.8 Å². The van der Waals surface area contributed by atoms with Crippen molar-refractivity contribution in [2.45, 2.75) is 26.4 Å². The van der Waals surface area contributed by atoms with Gasteiger partial charge in [0.1, 0.15) is 23.5 Å². The van der Waals surface area contributed by atoms with Crippen LogP contribution in [0.15, 0.2) is 39.5 Å². The average molecular weight is 449 g/mol. The van der Waals surface area contributed by atoms with Gasteiger partial charge in [0.2, 0.25) is 0 Å². The largest absolute Gasteiger partial charge is 0.506 e. The summed E-state index contributed by atoms with van der Waals surface area (Å²) >= 11 is 0. The van der Waals surface area contributed by atoms with Gasteiger partial charge in [0.15, 0.2) is 23.0 Å². The summed E-state index contributed by atoms with van der Waals surface area (Å²) in [6.45, 7) is 4.37. The Bertz CT molecular complexity index is 1270. The van der Waals surface area contributed by atoms with Crippen LogP contribution in [0, 0.1) is 17.5 Å². The van der Waals surface area contributed by atoms with Crippen LogP contribution in [-0.2, 0) is 9.53 Å². The molecule has 3 aromatic rings. The van der Waals surface area contributed by atoms with Gasteiger partial charge in [-0.25, -0.2) is 18.0 Å². The van der Waals surface area contributed by atoms with E-state index in [1.807, 2.05) is 0 Å². The number of halogens is 3. The Morgan fingerprint density at radius 1 is 1.06 bits per heavy atom. The minimum atomic E-state index is -1.62. The van der Waals surface area contributed by atoms with E-state index in [9.17, 15) is 32.7 Å². The molecule has 3 rings (SSSR count). The van der Waals surface area contributed by atoms with Gasteiger partial charge in [-0.2, -0.15) is 0 Å². The van der Waals surface area contributed by atoms with Gasteiger partial charge in [-0.3, -0.25) is 9.59 Å². The fraction of sp³-hybridized carbons (Fsp3) is 0.227. The predicted molar refractivity (Wildman–Crippen MR) is 108 cm³/mol. The second kappa shape index (κ2) is 8.37. The number of aromatic hydroxyl groups is 1. The van der Waals surface area contributed by atoms with Crippen molar-refractivity contribution >= 4 is 22.8 Å².